The van der Waals surface area contributed by atoms with E-state index in [0.717, 1.165) is 29.7 Å². The average Bonchev–Trinajstić information content (AvgIpc) is 3.07. The fraction of sp³-hybridized carbons (Fsp3) is 0.381. The summed E-state index contributed by atoms with van der Waals surface area (Å²) in [6, 6.07) is 6.40. The van der Waals surface area contributed by atoms with Crippen LogP contribution in [0.5, 0.6) is 0 Å². The van der Waals surface area contributed by atoms with Gasteiger partial charge in [-0.15, -0.1) is 11.3 Å². The number of hydrogen-bond acceptors (Lipinski definition) is 7. The van der Waals surface area contributed by atoms with E-state index in [1.54, 1.807) is 0 Å². The number of benzene rings is 1. The van der Waals surface area contributed by atoms with Crippen LogP contribution in [0, 0.1) is 17.2 Å². The van der Waals surface area contributed by atoms with E-state index >= 15 is 0 Å². The van der Waals surface area contributed by atoms with Crippen LogP contribution in [0.2, 0.25) is 5.02 Å². The largest absolute Gasteiger partial charge is 0.454 e. The molecule has 1 aromatic heterocycles. The number of halogens is 1. The van der Waals surface area contributed by atoms with E-state index in [-0.39, 0.29) is 4.90 Å². The predicted molar refractivity (Wildman–Crippen MR) is 121 cm³/mol. The molecule has 0 aliphatic heterocycles. The number of nitriles is 1. The van der Waals surface area contributed by atoms with Gasteiger partial charge in [-0.25, -0.2) is 8.42 Å². The maximum Gasteiger partial charge on any atom is 0.324 e. The van der Waals surface area contributed by atoms with E-state index in [4.69, 9.17) is 16.3 Å². The summed E-state index contributed by atoms with van der Waals surface area (Å²) in [5.41, 5.74) is 1.44. The third kappa shape index (κ3) is 5.66. The van der Waals surface area contributed by atoms with Gasteiger partial charge in [-0.3, -0.25) is 9.59 Å². The van der Waals surface area contributed by atoms with E-state index in [0.29, 0.717) is 21.5 Å². The number of carbonyl (C=O) groups is 2. The van der Waals surface area contributed by atoms with Gasteiger partial charge in [-0.1, -0.05) is 18.5 Å². The summed E-state index contributed by atoms with van der Waals surface area (Å²) in [5, 5.41) is 13.0. The Bertz CT molecular complexity index is 1170. The van der Waals surface area contributed by atoms with Crippen LogP contribution in [-0.4, -0.2) is 32.9 Å². The SMILES string of the molecule is C[C@H]1CCc2c(sc(NC(=O)COC(=O)[C@H](C)NS(=O)(=O)c3ccc(Cl)cc3)c2C#N)C1. The molecule has 0 radical (unpaired) electrons. The topological polar surface area (TPSA) is 125 Å². The molecule has 1 amide bonds. The summed E-state index contributed by atoms with van der Waals surface area (Å²) in [4.78, 5) is 25.5. The van der Waals surface area contributed by atoms with Crippen LogP contribution < -0.4 is 10.0 Å². The number of nitrogens with zero attached hydrogens (tertiary/aromatic N) is 1. The molecular formula is C21H22ClN3O5S2. The fourth-order valence-corrected chi connectivity index (χ4v) is 6.04. The molecule has 0 spiro atoms. The first kappa shape index (κ1) is 24.2. The molecule has 11 heteroatoms. The average molecular weight is 496 g/mol. The Morgan fingerprint density at radius 2 is 2.03 bits per heavy atom. The van der Waals surface area contributed by atoms with Crippen molar-refractivity contribution < 1.29 is 22.7 Å². The first-order chi connectivity index (χ1) is 15.1. The maximum absolute atomic E-state index is 12.4. The number of nitrogens with one attached hydrogen (secondary N) is 2. The second-order valence-corrected chi connectivity index (χ2v) is 10.9. The zero-order valence-electron chi connectivity index (χ0n) is 17.5. The third-order valence-electron chi connectivity index (χ3n) is 5.03. The first-order valence-electron chi connectivity index (χ1n) is 9.89. The van der Waals surface area contributed by atoms with Crippen LogP contribution >= 0.6 is 22.9 Å². The number of thiophene rings is 1. The molecular weight excluding hydrogens is 474 g/mol. The number of rotatable bonds is 7. The van der Waals surface area contributed by atoms with E-state index in [1.807, 2.05) is 0 Å². The standard InChI is InChI=1S/C21H22ClN3O5S2/c1-12-3-8-16-17(10-23)20(31-18(16)9-12)24-19(26)11-30-21(27)13(2)25-32(28,29)15-6-4-14(22)5-7-15/h4-7,12-13,25H,3,8-9,11H2,1-2H3,(H,24,26)/t12-,13-/m0/s1. The van der Waals surface area contributed by atoms with E-state index < -0.39 is 34.5 Å². The molecule has 2 atom stereocenters. The molecule has 0 unspecified atom stereocenters. The summed E-state index contributed by atoms with van der Waals surface area (Å²) in [6.07, 6.45) is 2.66. The molecule has 1 heterocycles. The van der Waals surface area contributed by atoms with Crippen LogP contribution in [0.4, 0.5) is 5.00 Å². The minimum absolute atomic E-state index is 0.0562. The zero-order chi connectivity index (χ0) is 23.5. The number of hydrogen-bond donors (Lipinski definition) is 2. The van der Waals surface area contributed by atoms with Gasteiger partial charge in [0.2, 0.25) is 10.0 Å². The maximum atomic E-state index is 12.4. The van der Waals surface area contributed by atoms with Gasteiger partial charge in [-0.2, -0.15) is 9.98 Å². The molecule has 3 rings (SSSR count). The lowest BCUT2D eigenvalue weighted by Gasteiger charge is -2.17. The molecule has 1 aromatic carbocycles. The van der Waals surface area contributed by atoms with Crippen LogP contribution in [0.3, 0.4) is 0 Å². The Kier molecular flexibility index (Phi) is 7.56. The summed E-state index contributed by atoms with van der Waals surface area (Å²) in [6.45, 7) is 2.86. The Morgan fingerprint density at radius 3 is 2.69 bits per heavy atom. The number of sulfonamides is 1. The molecule has 170 valence electrons. The number of amides is 1. The molecule has 32 heavy (non-hydrogen) atoms. The molecule has 8 nitrogen and oxygen atoms in total. The minimum Gasteiger partial charge on any atom is -0.454 e. The van der Waals surface area contributed by atoms with Crippen molar-refractivity contribution in [3.8, 4) is 6.07 Å². The molecule has 2 N–H and O–H groups in total. The summed E-state index contributed by atoms with van der Waals surface area (Å²) < 4.78 is 31.9. The van der Waals surface area contributed by atoms with Gasteiger partial charge in [-0.05, 0) is 61.9 Å². The highest BCUT2D eigenvalue weighted by Gasteiger charge is 2.26. The van der Waals surface area contributed by atoms with Crippen LogP contribution in [0.15, 0.2) is 29.2 Å². The Morgan fingerprint density at radius 1 is 1.34 bits per heavy atom. The van der Waals surface area contributed by atoms with Gasteiger partial charge in [0.1, 0.15) is 17.1 Å². The highest BCUT2D eigenvalue weighted by atomic mass is 35.5. The highest BCUT2D eigenvalue weighted by Crippen LogP contribution is 2.39. The molecule has 0 fully saturated rings. The van der Waals surface area contributed by atoms with Crippen molar-refractivity contribution in [1.82, 2.24) is 4.72 Å². The monoisotopic (exact) mass is 495 g/mol. The lowest BCUT2D eigenvalue weighted by Crippen LogP contribution is -2.40. The van der Waals surface area contributed by atoms with E-state index in [2.05, 4.69) is 23.0 Å². The van der Waals surface area contributed by atoms with Gasteiger partial charge in [0.25, 0.3) is 5.91 Å². The third-order valence-corrected chi connectivity index (χ3v) is 8.01. The van der Waals surface area contributed by atoms with E-state index in [9.17, 15) is 23.3 Å². The second kappa shape index (κ2) is 10.0. The molecule has 0 saturated heterocycles. The molecule has 1 aliphatic carbocycles. The highest BCUT2D eigenvalue weighted by molar-refractivity contribution is 7.89. The number of ether oxygens (including phenoxy) is 1. The Hall–Kier alpha value is -2.45. The van der Waals surface area contributed by atoms with Crippen molar-refractivity contribution in [1.29, 1.82) is 5.26 Å². The fourth-order valence-electron chi connectivity index (χ4n) is 3.34. The van der Waals surface area contributed by atoms with Gasteiger partial charge in [0.05, 0.1) is 10.5 Å². The Balaban J connectivity index is 1.56. The number of anilines is 1. The quantitative estimate of drug-likeness (QED) is 0.568. The molecule has 0 bridgehead atoms. The van der Waals surface area contributed by atoms with Crippen LogP contribution in [-0.2, 0) is 37.2 Å². The number of carbonyl (C=O) groups excluding carboxylic acids is 2. The van der Waals surface area contributed by atoms with Crippen molar-refractivity contribution in [2.24, 2.45) is 5.92 Å². The van der Waals surface area contributed by atoms with Gasteiger partial charge < -0.3 is 10.1 Å². The molecule has 0 saturated carbocycles. The van der Waals surface area contributed by atoms with Gasteiger partial charge >= 0.3 is 5.97 Å². The summed E-state index contributed by atoms with van der Waals surface area (Å²) in [5.74, 6) is -0.984. The van der Waals surface area contributed by atoms with Gasteiger partial charge in [0.15, 0.2) is 6.61 Å². The lowest BCUT2D eigenvalue weighted by molar-refractivity contribution is -0.148. The van der Waals surface area contributed by atoms with Gasteiger partial charge in [0, 0.05) is 9.90 Å². The molecule has 2 aromatic rings. The summed E-state index contributed by atoms with van der Waals surface area (Å²) >= 11 is 7.13. The number of fused-ring (bicyclic) bond motifs is 1. The van der Waals surface area contributed by atoms with Crippen molar-refractivity contribution >= 4 is 49.8 Å². The zero-order valence-corrected chi connectivity index (χ0v) is 19.9. The van der Waals surface area contributed by atoms with Crippen molar-refractivity contribution in [2.75, 3.05) is 11.9 Å². The van der Waals surface area contributed by atoms with Crippen LogP contribution in [0.1, 0.15) is 36.3 Å². The smallest absolute Gasteiger partial charge is 0.324 e. The summed E-state index contributed by atoms with van der Waals surface area (Å²) in [7, 11) is -3.97. The normalized spacial score (nSPS) is 16.5. The van der Waals surface area contributed by atoms with Crippen molar-refractivity contribution in [3.05, 3.63) is 45.3 Å². The first-order valence-corrected chi connectivity index (χ1v) is 12.6. The number of esters is 1. The van der Waals surface area contributed by atoms with Crippen molar-refractivity contribution in [3.63, 3.8) is 0 Å². The Labute approximate surface area is 195 Å². The molecule has 1 aliphatic rings. The van der Waals surface area contributed by atoms with Crippen LogP contribution in [0.25, 0.3) is 0 Å². The predicted octanol–water partition coefficient (Wildman–Crippen LogP) is 3.25. The second-order valence-electron chi connectivity index (χ2n) is 7.62. The van der Waals surface area contributed by atoms with Crippen molar-refractivity contribution in [2.45, 2.75) is 44.0 Å². The van der Waals surface area contributed by atoms with E-state index in [1.165, 1.54) is 42.5 Å². The minimum atomic E-state index is -3.97. The lowest BCUT2D eigenvalue weighted by atomic mass is 9.89.